The summed E-state index contributed by atoms with van der Waals surface area (Å²) in [5, 5.41) is 0. The first-order valence-electron chi connectivity index (χ1n) is 15.2. The van der Waals surface area contributed by atoms with E-state index < -0.39 is 0 Å². The monoisotopic (exact) mass is 584 g/mol. The van der Waals surface area contributed by atoms with Crippen LogP contribution >= 0.6 is 0 Å². The van der Waals surface area contributed by atoms with Crippen molar-refractivity contribution in [3.8, 4) is 23.0 Å². The second kappa shape index (κ2) is 11.8. The molecule has 226 valence electrons. The minimum Gasteiger partial charge on any atom is -0.457 e. The van der Waals surface area contributed by atoms with E-state index >= 15 is 0 Å². The molecule has 5 aromatic carbocycles. The van der Waals surface area contributed by atoms with Crippen molar-refractivity contribution in [1.29, 1.82) is 0 Å². The number of hydrogen-bond acceptors (Lipinski definition) is 4. The minimum absolute atomic E-state index is 0.224. The molecule has 0 aromatic heterocycles. The Hall–Kier alpha value is -4.70. The lowest BCUT2D eigenvalue weighted by Crippen LogP contribution is -2.23. The fourth-order valence-corrected chi connectivity index (χ4v) is 5.97. The smallest absolute Gasteiger partial charge is 0.133 e. The van der Waals surface area contributed by atoms with Crippen LogP contribution in [0, 0.1) is 27.7 Å². The molecule has 4 nitrogen and oxygen atoms in total. The molecular weight excluding hydrogens is 540 g/mol. The van der Waals surface area contributed by atoms with Crippen molar-refractivity contribution >= 4 is 11.4 Å². The van der Waals surface area contributed by atoms with Gasteiger partial charge in [-0.1, -0.05) is 88.4 Å². The van der Waals surface area contributed by atoms with Crippen LogP contribution in [0.4, 0.5) is 11.4 Å². The number of anilines is 2. The molecule has 4 N–H and O–H groups in total. The molecule has 0 fully saturated rings. The average Bonchev–Trinajstić information content (AvgIpc) is 2.97. The van der Waals surface area contributed by atoms with Crippen LogP contribution in [0.1, 0.15) is 72.2 Å². The SMILES string of the molecule is Cc1cc(C(C)(C)c2cccc(C(C)(C)c3cc(C)c(Oc4cccc(N)c4)c(C)c3)c2)cc(C)c1Oc1cccc(N)c1. The van der Waals surface area contributed by atoms with Crippen LogP contribution in [0.2, 0.25) is 0 Å². The molecule has 0 aliphatic carbocycles. The quantitative estimate of drug-likeness (QED) is 0.178. The highest BCUT2D eigenvalue weighted by molar-refractivity contribution is 5.54. The predicted molar refractivity (Wildman–Crippen MR) is 184 cm³/mol. The van der Waals surface area contributed by atoms with Gasteiger partial charge in [0, 0.05) is 34.3 Å². The van der Waals surface area contributed by atoms with Gasteiger partial charge in [0.15, 0.2) is 0 Å². The Balaban J connectivity index is 1.45. The summed E-state index contributed by atoms with van der Waals surface area (Å²) in [6.45, 7) is 17.6. The summed E-state index contributed by atoms with van der Waals surface area (Å²) in [6, 6.07) is 33.1. The van der Waals surface area contributed by atoms with Crippen molar-refractivity contribution in [2.24, 2.45) is 0 Å². The van der Waals surface area contributed by atoms with Crippen LogP contribution < -0.4 is 20.9 Å². The molecule has 0 amide bonds. The van der Waals surface area contributed by atoms with Gasteiger partial charge in [-0.3, -0.25) is 0 Å². The summed E-state index contributed by atoms with van der Waals surface area (Å²) in [5.41, 5.74) is 22.3. The van der Waals surface area contributed by atoms with E-state index in [4.69, 9.17) is 20.9 Å². The third-order valence-corrected chi connectivity index (χ3v) is 8.83. The zero-order chi connectivity index (χ0) is 31.8. The number of benzene rings is 5. The number of aryl methyl sites for hydroxylation is 4. The summed E-state index contributed by atoms with van der Waals surface area (Å²) in [6.07, 6.45) is 0. The average molecular weight is 585 g/mol. The van der Waals surface area contributed by atoms with Gasteiger partial charge in [-0.05, 0) is 96.5 Å². The van der Waals surface area contributed by atoms with Gasteiger partial charge in [0.25, 0.3) is 0 Å². The molecule has 0 aliphatic heterocycles. The fraction of sp³-hybridized carbons (Fsp3) is 0.250. The van der Waals surface area contributed by atoms with Crippen LogP contribution in [-0.4, -0.2) is 0 Å². The van der Waals surface area contributed by atoms with E-state index in [-0.39, 0.29) is 10.8 Å². The molecule has 0 spiro atoms. The molecule has 0 saturated heterocycles. The van der Waals surface area contributed by atoms with Gasteiger partial charge in [0.05, 0.1) is 0 Å². The number of ether oxygens (including phenoxy) is 2. The first-order chi connectivity index (χ1) is 20.8. The number of nitrogen functional groups attached to an aromatic ring is 2. The zero-order valence-corrected chi connectivity index (χ0v) is 27.2. The van der Waals surface area contributed by atoms with E-state index in [1.165, 1.54) is 22.3 Å². The van der Waals surface area contributed by atoms with Gasteiger partial charge in [0.1, 0.15) is 23.0 Å². The molecule has 0 radical (unpaired) electrons. The molecule has 0 heterocycles. The van der Waals surface area contributed by atoms with E-state index in [9.17, 15) is 0 Å². The van der Waals surface area contributed by atoms with Crippen molar-refractivity contribution < 1.29 is 9.47 Å². The molecule has 5 rings (SSSR count). The topological polar surface area (TPSA) is 70.5 Å². The maximum absolute atomic E-state index is 6.28. The molecular formula is C40H44N2O2. The molecule has 0 atom stereocenters. The summed E-state index contributed by atoms with van der Waals surface area (Å²) in [7, 11) is 0. The zero-order valence-electron chi connectivity index (χ0n) is 27.2. The van der Waals surface area contributed by atoms with Crippen molar-refractivity contribution in [1.82, 2.24) is 0 Å². The van der Waals surface area contributed by atoms with E-state index in [2.05, 4.69) is 104 Å². The molecule has 0 aliphatic rings. The Morgan fingerprint density at radius 2 is 0.773 bits per heavy atom. The van der Waals surface area contributed by atoms with Gasteiger partial charge in [-0.2, -0.15) is 0 Å². The highest BCUT2D eigenvalue weighted by Crippen LogP contribution is 2.41. The van der Waals surface area contributed by atoms with Gasteiger partial charge < -0.3 is 20.9 Å². The number of rotatable bonds is 8. The second-order valence-corrected chi connectivity index (χ2v) is 13.1. The maximum Gasteiger partial charge on any atom is 0.133 e. The van der Waals surface area contributed by atoms with E-state index in [0.29, 0.717) is 11.4 Å². The Bertz CT molecular complexity index is 1660. The van der Waals surface area contributed by atoms with Crippen molar-refractivity contribution in [3.05, 3.63) is 142 Å². The van der Waals surface area contributed by atoms with Gasteiger partial charge in [0.2, 0.25) is 0 Å². The summed E-state index contributed by atoms with van der Waals surface area (Å²) < 4.78 is 12.6. The minimum atomic E-state index is -0.224. The molecule has 0 unspecified atom stereocenters. The fourth-order valence-electron chi connectivity index (χ4n) is 5.97. The Kier molecular flexibility index (Phi) is 8.22. The first kappa shape index (κ1) is 30.7. The third-order valence-electron chi connectivity index (χ3n) is 8.83. The van der Waals surface area contributed by atoms with Gasteiger partial charge in [-0.25, -0.2) is 0 Å². The molecule has 5 aromatic rings. The van der Waals surface area contributed by atoms with Crippen LogP contribution in [0.25, 0.3) is 0 Å². The molecule has 4 heteroatoms. The number of nitrogens with two attached hydrogens (primary N) is 2. The van der Waals surface area contributed by atoms with E-state index in [1.54, 1.807) is 0 Å². The summed E-state index contributed by atoms with van der Waals surface area (Å²) >= 11 is 0. The highest BCUT2D eigenvalue weighted by Gasteiger charge is 2.29. The van der Waals surface area contributed by atoms with E-state index in [1.807, 2.05) is 48.5 Å². The Labute approximate surface area is 262 Å². The van der Waals surface area contributed by atoms with Crippen LogP contribution in [0.15, 0.2) is 97.1 Å². The van der Waals surface area contributed by atoms with Gasteiger partial charge >= 0.3 is 0 Å². The summed E-state index contributed by atoms with van der Waals surface area (Å²) in [5.74, 6) is 3.24. The standard InChI is InChI=1S/C40H44N2O2/c1-25-18-31(19-26(2)37(25)43-35-16-10-14-33(41)23-35)39(5,6)29-12-9-13-30(22-29)40(7,8)32-20-27(3)38(28(4)21-32)44-36-17-11-15-34(42)24-36/h9-24H,41-42H2,1-8H3. The second-order valence-electron chi connectivity index (χ2n) is 13.1. The van der Waals surface area contributed by atoms with Crippen molar-refractivity contribution in [2.45, 2.75) is 66.2 Å². The van der Waals surface area contributed by atoms with Crippen LogP contribution in [0.5, 0.6) is 23.0 Å². The van der Waals surface area contributed by atoms with Crippen LogP contribution in [0.3, 0.4) is 0 Å². The maximum atomic E-state index is 6.28. The highest BCUT2D eigenvalue weighted by atomic mass is 16.5. The van der Waals surface area contributed by atoms with Crippen molar-refractivity contribution in [3.63, 3.8) is 0 Å². The first-order valence-corrected chi connectivity index (χ1v) is 15.2. The van der Waals surface area contributed by atoms with Crippen molar-refractivity contribution in [2.75, 3.05) is 11.5 Å². The largest absolute Gasteiger partial charge is 0.457 e. The number of hydrogen-bond donors (Lipinski definition) is 2. The Morgan fingerprint density at radius 1 is 0.432 bits per heavy atom. The normalized spacial score (nSPS) is 11.8. The third kappa shape index (κ3) is 6.16. The lowest BCUT2D eigenvalue weighted by Gasteiger charge is -2.32. The predicted octanol–water partition coefficient (Wildman–Crippen LogP) is 10.3. The lowest BCUT2D eigenvalue weighted by molar-refractivity contribution is 0.474. The van der Waals surface area contributed by atoms with E-state index in [0.717, 1.165) is 45.3 Å². The Morgan fingerprint density at radius 3 is 1.11 bits per heavy atom. The van der Waals surface area contributed by atoms with Gasteiger partial charge in [-0.15, -0.1) is 0 Å². The molecule has 44 heavy (non-hydrogen) atoms. The lowest BCUT2D eigenvalue weighted by atomic mass is 9.72. The molecule has 0 bridgehead atoms. The summed E-state index contributed by atoms with van der Waals surface area (Å²) in [4.78, 5) is 0. The van der Waals surface area contributed by atoms with Crippen LogP contribution in [-0.2, 0) is 10.8 Å². The molecule has 0 saturated carbocycles.